The van der Waals surface area contributed by atoms with Crippen molar-refractivity contribution in [1.29, 1.82) is 0 Å². The monoisotopic (exact) mass is 471 g/mol. The van der Waals surface area contributed by atoms with E-state index in [1.807, 2.05) is 0 Å². The van der Waals surface area contributed by atoms with E-state index >= 15 is 0 Å². The Morgan fingerprint density at radius 2 is 1.64 bits per heavy atom. The third-order valence-electron chi connectivity index (χ3n) is 4.31. The molecule has 1 N–H and O–H groups in total. The lowest BCUT2D eigenvalue weighted by Crippen LogP contribution is -2.33. The predicted molar refractivity (Wildman–Crippen MR) is 103 cm³/mol. The van der Waals surface area contributed by atoms with E-state index in [9.17, 15) is 30.7 Å². The van der Waals surface area contributed by atoms with Gasteiger partial charge in [0.25, 0.3) is 0 Å². The maximum absolute atomic E-state index is 13.6. The summed E-state index contributed by atoms with van der Waals surface area (Å²) >= 11 is 0. The zero-order valence-corrected chi connectivity index (χ0v) is 16.2. The van der Waals surface area contributed by atoms with E-state index in [2.05, 4.69) is 25.0 Å². The molecule has 4 aromatic rings. The quantitative estimate of drug-likeness (QED) is 0.361. The van der Waals surface area contributed by atoms with Crippen LogP contribution in [0.4, 0.5) is 42.2 Å². The van der Waals surface area contributed by atoms with Gasteiger partial charge in [-0.2, -0.15) is 30.7 Å². The second kappa shape index (κ2) is 8.22. The summed E-state index contributed by atoms with van der Waals surface area (Å²) in [6.45, 7) is 0. The first kappa shape index (κ1) is 22.3. The second-order valence-electron chi connectivity index (χ2n) is 6.64. The van der Waals surface area contributed by atoms with Crippen molar-refractivity contribution in [3.8, 4) is 17.1 Å². The number of fused-ring (bicyclic) bond motifs is 1. The van der Waals surface area contributed by atoms with Gasteiger partial charge in [0.05, 0.1) is 12.4 Å². The molecule has 172 valence electrons. The summed E-state index contributed by atoms with van der Waals surface area (Å²) in [4.78, 5) is 11.7. The molecule has 33 heavy (non-hydrogen) atoms. The Kier molecular flexibility index (Phi) is 5.56. The third kappa shape index (κ3) is 4.66. The van der Waals surface area contributed by atoms with Crippen LogP contribution in [0.5, 0.6) is 5.75 Å². The molecule has 4 rings (SSSR count). The van der Waals surface area contributed by atoms with Crippen LogP contribution in [0.3, 0.4) is 0 Å². The maximum atomic E-state index is 13.6. The molecule has 0 bridgehead atoms. The Morgan fingerprint density at radius 3 is 2.30 bits per heavy atom. The third-order valence-corrected chi connectivity index (χ3v) is 4.31. The summed E-state index contributed by atoms with van der Waals surface area (Å²) in [7, 11) is 0. The Balaban J connectivity index is 1.63. The lowest BCUT2D eigenvalue weighted by molar-refractivity contribution is -0.253. The van der Waals surface area contributed by atoms with Crippen molar-refractivity contribution in [3.63, 3.8) is 0 Å². The number of hydrogen-bond donors (Lipinski definition) is 1. The molecular weight excluding hydrogens is 459 g/mol. The van der Waals surface area contributed by atoms with Gasteiger partial charge in [-0.1, -0.05) is 6.07 Å². The van der Waals surface area contributed by atoms with Gasteiger partial charge < -0.3 is 10.1 Å². The van der Waals surface area contributed by atoms with Crippen LogP contribution in [0.2, 0.25) is 0 Å². The Hall–Kier alpha value is -3.90. The van der Waals surface area contributed by atoms with Crippen molar-refractivity contribution in [2.75, 3.05) is 5.32 Å². The average Bonchev–Trinajstić information content (AvgIpc) is 3.15. The first-order chi connectivity index (χ1) is 15.5. The summed E-state index contributed by atoms with van der Waals surface area (Å²) < 4.78 is 96.4. The van der Waals surface area contributed by atoms with Crippen LogP contribution < -0.4 is 10.1 Å². The topological polar surface area (TPSA) is 64.3 Å². The number of rotatable bonds is 6. The van der Waals surface area contributed by atoms with Crippen molar-refractivity contribution in [2.45, 2.75) is 18.7 Å². The van der Waals surface area contributed by atoms with E-state index < -0.39 is 30.2 Å². The van der Waals surface area contributed by atoms with Crippen molar-refractivity contribution in [1.82, 2.24) is 19.4 Å². The molecule has 0 aliphatic carbocycles. The molecule has 0 radical (unpaired) electrons. The molecule has 3 aromatic heterocycles. The number of benzene rings is 1. The van der Waals surface area contributed by atoms with Crippen LogP contribution >= 0.6 is 0 Å². The summed E-state index contributed by atoms with van der Waals surface area (Å²) in [6.07, 6.45) is -9.63. The molecule has 0 unspecified atom stereocenters. The van der Waals surface area contributed by atoms with Gasteiger partial charge in [0, 0.05) is 11.9 Å². The lowest BCUT2D eigenvalue weighted by Gasteiger charge is -2.17. The zero-order valence-electron chi connectivity index (χ0n) is 16.2. The first-order valence-corrected chi connectivity index (χ1v) is 9.13. The smallest absolute Gasteiger partial charge is 0.428 e. The molecule has 0 fully saturated rings. The number of anilines is 2. The molecular formula is C20H12F7N5O. The van der Waals surface area contributed by atoms with E-state index in [-0.39, 0.29) is 28.5 Å². The van der Waals surface area contributed by atoms with E-state index in [0.29, 0.717) is 0 Å². The number of nitrogens with zero attached hydrogens (tertiary/aromatic N) is 4. The fourth-order valence-electron chi connectivity index (χ4n) is 2.93. The number of hydrogen-bond acceptors (Lipinski definition) is 5. The fraction of sp³-hybridized carbons (Fsp3) is 0.150. The largest absolute Gasteiger partial charge is 0.461 e. The van der Waals surface area contributed by atoms with Crippen LogP contribution in [0.15, 0.2) is 61.1 Å². The molecule has 3 heterocycles. The first-order valence-electron chi connectivity index (χ1n) is 9.13. The van der Waals surface area contributed by atoms with Crippen LogP contribution in [0.1, 0.15) is 5.69 Å². The lowest BCUT2D eigenvalue weighted by atomic mass is 10.2. The normalized spacial score (nSPS) is 12.4. The Morgan fingerprint density at radius 1 is 0.909 bits per heavy atom. The van der Waals surface area contributed by atoms with Crippen molar-refractivity contribution < 1.29 is 35.5 Å². The average molecular weight is 471 g/mol. The van der Waals surface area contributed by atoms with E-state index in [1.54, 1.807) is 6.07 Å². The van der Waals surface area contributed by atoms with E-state index in [1.165, 1.54) is 41.1 Å². The molecule has 0 amide bonds. The Bertz CT molecular complexity index is 1270. The molecule has 0 aliphatic heterocycles. The van der Waals surface area contributed by atoms with Gasteiger partial charge in [-0.3, -0.25) is 9.38 Å². The number of ether oxygens (including phenoxy) is 1. The minimum absolute atomic E-state index is 0.0399. The number of alkyl halides is 7. The van der Waals surface area contributed by atoms with Gasteiger partial charge in [0.15, 0.2) is 5.69 Å². The van der Waals surface area contributed by atoms with Crippen molar-refractivity contribution >= 4 is 17.2 Å². The zero-order chi connectivity index (χ0) is 23.8. The van der Waals surface area contributed by atoms with E-state index in [0.717, 1.165) is 18.3 Å². The molecule has 0 saturated heterocycles. The Labute approximate surface area is 180 Å². The number of imidazole rings is 1. The highest BCUT2D eigenvalue weighted by atomic mass is 19.4. The highest BCUT2D eigenvalue weighted by molar-refractivity contribution is 5.66. The second-order valence-corrected chi connectivity index (χ2v) is 6.64. The number of nitrogens with one attached hydrogen (secondary N) is 1. The van der Waals surface area contributed by atoms with Crippen molar-refractivity contribution in [2.24, 2.45) is 0 Å². The van der Waals surface area contributed by atoms with Gasteiger partial charge >= 0.3 is 18.7 Å². The van der Waals surface area contributed by atoms with Gasteiger partial charge in [0.2, 0.25) is 0 Å². The number of pyridine rings is 1. The number of halogens is 7. The van der Waals surface area contributed by atoms with Crippen molar-refractivity contribution in [3.05, 3.63) is 66.7 Å². The van der Waals surface area contributed by atoms with Gasteiger partial charge in [-0.15, -0.1) is 0 Å². The summed E-state index contributed by atoms with van der Waals surface area (Å²) in [6, 6.07) is 9.00. The molecule has 6 nitrogen and oxygen atoms in total. The standard InChI is InChI=1S/C20H12F7N5O/c21-18(22)20(26,27)33-12-6-4-11(5-7-12)29-14-10-28-9-13(30-14)16-17(19(23,24)25)31-15-3-1-2-8-32(15)16/h1-10,18H,(H,29,30). The van der Waals surface area contributed by atoms with Gasteiger partial charge in [-0.05, 0) is 36.4 Å². The van der Waals surface area contributed by atoms with Crippen LogP contribution in [0.25, 0.3) is 17.0 Å². The minimum Gasteiger partial charge on any atom is -0.428 e. The SMILES string of the molecule is FC(F)C(F)(F)Oc1ccc(Nc2cncc(-c3c(C(F)(F)F)nc4ccccn34)n2)cc1. The minimum atomic E-state index is -4.75. The van der Waals surface area contributed by atoms with Crippen LogP contribution in [-0.4, -0.2) is 31.9 Å². The molecule has 0 atom stereocenters. The van der Waals surface area contributed by atoms with Crippen LogP contribution in [0, 0.1) is 0 Å². The molecule has 0 spiro atoms. The predicted octanol–water partition coefficient (Wildman–Crippen LogP) is 5.79. The highest BCUT2D eigenvalue weighted by Gasteiger charge is 2.44. The summed E-state index contributed by atoms with van der Waals surface area (Å²) in [5.74, 6) is -0.468. The maximum Gasteiger partial charge on any atom is 0.461 e. The molecule has 1 aromatic carbocycles. The van der Waals surface area contributed by atoms with Crippen LogP contribution in [-0.2, 0) is 6.18 Å². The molecule has 13 heteroatoms. The summed E-state index contributed by atoms with van der Waals surface area (Å²) in [5.41, 5.74) is -1.24. The molecule has 0 saturated carbocycles. The number of aromatic nitrogens is 4. The molecule has 0 aliphatic rings. The fourth-order valence-corrected chi connectivity index (χ4v) is 2.93. The van der Waals surface area contributed by atoms with Gasteiger partial charge in [0.1, 0.15) is 28.6 Å². The van der Waals surface area contributed by atoms with Gasteiger partial charge in [-0.25, -0.2) is 9.97 Å². The summed E-state index contributed by atoms with van der Waals surface area (Å²) in [5, 5.41) is 2.75. The van der Waals surface area contributed by atoms with E-state index in [4.69, 9.17) is 0 Å². The highest BCUT2D eigenvalue weighted by Crippen LogP contribution is 2.37.